The molecule has 8 nitrogen and oxygen atoms in total. The van der Waals surface area contributed by atoms with Crippen molar-refractivity contribution in [1.82, 2.24) is 10.2 Å². The van der Waals surface area contributed by atoms with E-state index in [1.165, 1.54) is 30.2 Å². The Morgan fingerprint density at radius 1 is 1.12 bits per heavy atom. The number of benzene rings is 2. The molecular formula is C24H32FN3O5S. The number of halogens is 1. The van der Waals surface area contributed by atoms with Crippen LogP contribution in [0, 0.1) is 5.82 Å². The van der Waals surface area contributed by atoms with Crippen molar-refractivity contribution in [2.24, 2.45) is 0 Å². The molecule has 0 aliphatic rings. The van der Waals surface area contributed by atoms with Gasteiger partial charge in [0.2, 0.25) is 21.8 Å². The van der Waals surface area contributed by atoms with Gasteiger partial charge < -0.3 is 15.0 Å². The average Bonchev–Trinajstić information content (AvgIpc) is 2.74. The first kappa shape index (κ1) is 27.1. The minimum Gasteiger partial charge on any atom is -0.497 e. The summed E-state index contributed by atoms with van der Waals surface area (Å²) in [5.41, 5.74) is -0.103. The normalized spacial score (nSPS) is 12.6. The standard InChI is InChI=1S/C24H32FN3O5S/c1-17(23(30)26-24(2,3)4)27(15-18-10-9-11-19(14-18)33-5)22(29)16-28(34(6,31)32)21-13-8-7-12-20(21)25/h7-14,17H,15-16H2,1-6H3,(H,26,30)/t17-/m1/s1. The second-order valence-electron chi connectivity index (χ2n) is 9.01. The second kappa shape index (κ2) is 10.9. The van der Waals surface area contributed by atoms with E-state index in [0.29, 0.717) is 15.6 Å². The van der Waals surface area contributed by atoms with E-state index in [9.17, 15) is 22.4 Å². The van der Waals surface area contributed by atoms with Crippen molar-refractivity contribution in [1.29, 1.82) is 0 Å². The molecular weight excluding hydrogens is 461 g/mol. The first-order chi connectivity index (χ1) is 15.7. The highest BCUT2D eigenvalue weighted by atomic mass is 32.2. The molecule has 34 heavy (non-hydrogen) atoms. The van der Waals surface area contributed by atoms with Crippen molar-refractivity contribution in [3.8, 4) is 5.75 Å². The molecule has 1 atom stereocenters. The van der Waals surface area contributed by atoms with Gasteiger partial charge in [-0.05, 0) is 57.5 Å². The van der Waals surface area contributed by atoms with Crippen LogP contribution in [0.4, 0.5) is 10.1 Å². The van der Waals surface area contributed by atoms with Crippen LogP contribution in [-0.4, -0.2) is 56.6 Å². The monoisotopic (exact) mass is 493 g/mol. The van der Waals surface area contributed by atoms with E-state index >= 15 is 0 Å². The number of carbonyl (C=O) groups excluding carboxylic acids is 2. The minimum absolute atomic E-state index is 0.0175. The third-order valence-electron chi connectivity index (χ3n) is 4.95. The molecule has 0 aromatic heterocycles. The first-order valence-corrected chi connectivity index (χ1v) is 12.5. The molecule has 0 radical (unpaired) electrons. The molecule has 0 spiro atoms. The molecule has 1 N–H and O–H groups in total. The molecule has 2 aromatic rings. The number of sulfonamides is 1. The van der Waals surface area contributed by atoms with Crippen molar-refractivity contribution in [2.45, 2.75) is 45.8 Å². The molecule has 0 saturated heterocycles. The third-order valence-corrected chi connectivity index (χ3v) is 6.08. The van der Waals surface area contributed by atoms with Crippen LogP contribution in [0.25, 0.3) is 0 Å². The van der Waals surface area contributed by atoms with Crippen LogP contribution in [0.3, 0.4) is 0 Å². The number of ether oxygens (including phenoxy) is 1. The first-order valence-electron chi connectivity index (χ1n) is 10.7. The molecule has 0 aliphatic heterocycles. The lowest BCUT2D eigenvalue weighted by molar-refractivity contribution is -0.140. The molecule has 0 aliphatic carbocycles. The van der Waals surface area contributed by atoms with Crippen LogP contribution in [0.2, 0.25) is 0 Å². The van der Waals surface area contributed by atoms with E-state index in [0.717, 1.165) is 12.3 Å². The molecule has 10 heteroatoms. The van der Waals surface area contributed by atoms with E-state index < -0.39 is 45.8 Å². The molecule has 0 heterocycles. The lowest BCUT2D eigenvalue weighted by Crippen LogP contribution is -2.54. The Kier molecular flexibility index (Phi) is 8.66. The van der Waals surface area contributed by atoms with Crippen LogP contribution in [0.5, 0.6) is 5.75 Å². The topological polar surface area (TPSA) is 96.0 Å². The highest BCUT2D eigenvalue weighted by Crippen LogP contribution is 2.23. The van der Waals surface area contributed by atoms with Crippen molar-refractivity contribution < 1.29 is 27.1 Å². The van der Waals surface area contributed by atoms with Crippen LogP contribution >= 0.6 is 0 Å². The highest BCUT2D eigenvalue weighted by molar-refractivity contribution is 7.92. The largest absolute Gasteiger partial charge is 0.497 e. The number of anilines is 1. The van der Waals surface area contributed by atoms with Gasteiger partial charge in [0.25, 0.3) is 0 Å². The Hall–Kier alpha value is -3.14. The Bertz CT molecular complexity index is 1130. The summed E-state index contributed by atoms with van der Waals surface area (Å²) >= 11 is 0. The summed E-state index contributed by atoms with van der Waals surface area (Å²) in [4.78, 5) is 27.6. The Labute approximate surface area is 200 Å². The Morgan fingerprint density at radius 3 is 2.32 bits per heavy atom. The van der Waals surface area contributed by atoms with Gasteiger partial charge in [0.15, 0.2) is 0 Å². The number of hydrogen-bond acceptors (Lipinski definition) is 5. The summed E-state index contributed by atoms with van der Waals surface area (Å²) in [5, 5.41) is 2.84. The molecule has 0 fully saturated rings. The maximum Gasteiger partial charge on any atom is 0.244 e. The number of carbonyl (C=O) groups is 2. The zero-order valence-electron chi connectivity index (χ0n) is 20.3. The summed E-state index contributed by atoms with van der Waals surface area (Å²) in [5.74, 6) is -1.27. The summed E-state index contributed by atoms with van der Waals surface area (Å²) in [7, 11) is -2.49. The van der Waals surface area contributed by atoms with Crippen molar-refractivity contribution in [3.05, 3.63) is 59.9 Å². The molecule has 2 amide bonds. The van der Waals surface area contributed by atoms with Crippen molar-refractivity contribution in [3.63, 3.8) is 0 Å². The molecule has 2 rings (SSSR count). The minimum atomic E-state index is -4.00. The third kappa shape index (κ3) is 7.44. The van der Waals surface area contributed by atoms with Gasteiger partial charge in [0.05, 0.1) is 19.1 Å². The number of amides is 2. The van der Waals surface area contributed by atoms with Crippen molar-refractivity contribution in [2.75, 3.05) is 24.2 Å². The molecule has 2 aromatic carbocycles. The fourth-order valence-corrected chi connectivity index (χ4v) is 4.12. The van der Waals surface area contributed by atoms with Gasteiger partial charge in [0, 0.05) is 12.1 Å². The number of methoxy groups -OCH3 is 1. The number of hydrogen-bond donors (Lipinski definition) is 1. The van der Waals surface area contributed by atoms with Crippen LogP contribution < -0.4 is 14.4 Å². The summed E-state index contributed by atoms with van der Waals surface area (Å²) in [6, 6.07) is 11.4. The Balaban J connectivity index is 2.43. The summed E-state index contributed by atoms with van der Waals surface area (Å²) in [6.45, 7) is 6.35. The van der Waals surface area contributed by atoms with Gasteiger partial charge in [-0.15, -0.1) is 0 Å². The fourth-order valence-electron chi connectivity index (χ4n) is 3.27. The van der Waals surface area contributed by atoms with Gasteiger partial charge in [0.1, 0.15) is 24.2 Å². The number of nitrogens with zero attached hydrogens (tertiary/aromatic N) is 2. The SMILES string of the molecule is COc1cccc(CN(C(=O)CN(c2ccccc2F)S(C)(=O)=O)[C@H](C)C(=O)NC(C)(C)C)c1. The lowest BCUT2D eigenvalue weighted by Gasteiger charge is -2.33. The molecule has 186 valence electrons. The zero-order chi connectivity index (χ0) is 25.7. The van der Waals surface area contributed by atoms with Crippen LogP contribution in [-0.2, 0) is 26.2 Å². The highest BCUT2D eigenvalue weighted by Gasteiger charge is 2.32. The molecule has 0 saturated carbocycles. The molecule has 0 bridgehead atoms. The lowest BCUT2D eigenvalue weighted by atomic mass is 10.1. The van der Waals surface area contributed by atoms with E-state index in [1.807, 2.05) is 20.8 Å². The van der Waals surface area contributed by atoms with Gasteiger partial charge in [-0.25, -0.2) is 12.8 Å². The zero-order valence-corrected chi connectivity index (χ0v) is 21.1. The Morgan fingerprint density at radius 2 is 1.76 bits per heavy atom. The van der Waals surface area contributed by atoms with Gasteiger partial charge in [-0.3, -0.25) is 13.9 Å². The van der Waals surface area contributed by atoms with Crippen molar-refractivity contribution >= 4 is 27.5 Å². The number of nitrogens with one attached hydrogen (secondary N) is 1. The predicted octanol–water partition coefficient (Wildman–Crippen LogP) is 2.93. The smallest absolute Gasteiger partial charge is 0.244 e. The van der Waals surface area contributed by atoms with E-state index in [1.54, 1.807) is 31.2 Å². The average molecular weight is 494 g/mol. The van der Waals surface area contributed by atoms with Gasteiger partial charge >= 0.3 is 0 Å². The quantitative estimate of drug-likeness (QED) is 0.580. The van der Waals surface area contributed by atoms with Crippen LogP contribution in [0.15, 0.2) is 48.5 Å². The number of para-hydroxylation sites is 1. The predicted molar refractivity (Wildman–Crippen MR) is 129 cm³/mol. The van der Waals surface area contributed by atoms with Gasteiger partial charge in [-0.2, -0.15) is 0 Å². The summed E-state index contributed by atoms with van der Waals surface area (Å²) < 4.78 is 45.3. The number of rotatable bonds is 9. The second-order valence-corrected chi connectivity index (χ2v) is 10.9. The van der Waals surface area contributed by atoms with Crippen LogP contribution in [0.1, 0.15) is 33.3 Å². The van der Waals surface area contributed by atoms with Gasteiger partial charge in [-0.1, -0.05) is 24.3 Å². The maximum absolute atomic E-state index is 14.4. The molecule has 0 unspecified atom stereocenters. The summed E-state index contributed by atoms with van der Waals surface area (Å²) in [6.07, 6.45) is 0.898. The maximum atomic E-state index is 14.4. The van der Waals surface area contributed by atoms with E-state index in [4.69, 9.17) is 4.74 Å². The fraction of sp³-hybridized carbons (Fsp3) is 0.417. The van der Waals surface area contributed by atoms with E-state index in [2.05, 4.69) is 5.32 Å². The van der Waals surface area contributed by atoms with E-state index in [-0.39, 0.29) is 12.2 Å².